The third kappa shape index (κ3) is 0.213. The Morgan fingerprint density at radius 1 is 1.12 bits per heavy atom. The summed E-state index contributed by atoms with van der Waals surface area (Å²) in [5, 5.41) is 0. The lowest BCUT2D eigenvalue weighted by Crippen LogP contribution is -2.60. The molecule has 0 aromatic heterocycles. The van der Waals surface area contributed by atoms with Crippen LogP contribution in [0.2, 0.25) is 0 Å². The lowest BCUT2D eigenvalue weighted by Gasteiger charge is -2.52. The minimum Gasteiger partial charge on any atom is -0.318 e. The molecule has 0 saturated carbocycles. The van der Waals surface area contributed by atoms with Crippen molar-refractivity contribution < 1.29 is 0 Å². The molecule has 0 fully saturated rings. The Kier molecular flexibility index (Phi) is 0.433. The molecule has 0 spiro atoms. The standard InChI is InChI=1S/C7H9N/c1-6-2-4-7(6,8)5-3-6/h2-5H,8H2,1H3. The van der Waals surface area contributed by atoms with Crippen LogP contribution in [0.25, 0.3) is 0 Å². The molecular weight excluding hydrogens is 98.1 g/mol. The first-order chi connectivity index (χ1) is 3.66. The summed E-state index contributed by atoms with van der Waals surface area (Å²) < 4.78 is 0. The fourth-order valence-electron chi connectivity index (χ4n) is 1.19. The maximum Gasteiger partial charge on any atom is 0.0650 e. The fraction of sp³-hybridized carbons (Fsp3) is 0.429. The number of fused-ring (bicyclic) bond motifs is 1. The van der Waals surface area contributed by atoms with Gasteiger partial charge in [0.2, 0.25) is 0 Å². The smallest absolute Gasteiger partial charge is 0.0650 e. The molecule has 0 heterocycles. The Bertz CT molecular complexity index is 155. The highest BCUT2D eigenvalue weighted by atomic mass is 14.8. The largest absolute Gasteiger partial charge is 0.318 e. The van der Waals surface area contributed by atoms with E-state index >= 15 is 0 Å². The average molecular weight is 107 g/mol. The predicted molar refractivity (Wildman–Crippen MR) is 33.3 cm³/mol. The molecule has 0 aromatic rings. The van der Waals surface area contributed by atoms with E-state index in [0.29, 0.717) is 0 Å². The molecule has 0 amide bonds. The summed E-state index contributed by atoms with van der Waals surface area (Å²) in [6.07, 6.45) is 8.39. The normalized spacial score (nSPS) is 56.8. The van der Waals surface area contributed by atoms with Crippen molar-refractivity contribution in [3.05, 3.63) is 24.3 Å². The Morgan fingerprint density at radius 2 is 1.50 bits per heavy atom. The lowest BCUT2D eigenvalue weighted by atomic mass is 9.55. The van der Waals surface area contributed by atoms with Crippen molar-refractivity contribution in [1.82, 2.24) is 0 Å². The first-order valence-electron chi connectivity index (χ1n) is 2.86. The quantitative estimate of drug-likeness (QED) is 0.456. The van der Waals surface area contributed by atoms with Gasteiger partial charge in [0.05, 0.1) is 5.54 Å². The molecule has 1 nitrogen and oxygen atoms in total. The number of nitrogens with two attached hydrogens (primary N) is 1. The van der Waals surface area contributed by atoms with E-state index in [0.717, 1.165) is 0 Å². The van der Waals surface area contributed by atoms with Gasteiger partial charge in [0, 0.05) is 5.41 Å². The Morgan fingerprint density at radius 3 is 1.50 bits per heavy atom. The van der Waals surface area contributed by atoms with Crippen LogP contribution >= 0.6 is 0 Å². The van der Waals surface area contributed by atoms with E-state index in [2.05, 4.69) is 19.1 Å². The molecular formula is C7H9N. The van der Waals surface area contributed by atoms with Crippen molar-refractivity contribution in [3.8, 4) is 0 Å². The van der Waals surface area contributed by atoms with Crippen molar-refractivity contribution in [3.63, 3.8) is 0 Å². The summed E-state index contributed by atoms with van der Waals surface area (Å²) in [5.74, 6) is 0. The highest BCUT2D eigenvalue weighted by Gasteiger charge is 2.50. The van der Waals surface area contributed by atoms with Gasteiger partial charge in [-0.3, -0.25) is 0 Å². The number of hydrogen-bond donors (Lipinski definition) is 1. The third-order valence-electron chi connectivity index (χ3n) is 2.34. The van der Waals surface area contributed by atoms with Gasteiger partial charge in [-0.05, 0) is 0 Å². The van der Waals surface area contributed by atoms with Gasteiger partial charge in [0.25, 0.3) is 0 Å². The van der Waals surface area contributed by atoms with E-state index in [1.165, 1.54) is 0 Å². The molecule has 0 unspecified atom stereocenters. The molecule has 2 rings (SSSR count). The third-order valence-corrected chi connectivity index (χ3v) is 2.34. The first kappa shape index (κ1) is 4.33. The summed E-state index contributed by atoms with van der Waals surface area (Å²) in [6, 6.07) is 0. The predicted octanol–water partition coefficient (Wildman–Crippen LogP) is 0.830. The van der Waals surface area contributed by atoms with E-state index in [4.69, 9.17) is 5.73 Å². The van der Waals surface area contributed by atoms with Crippen molar-refractivity contribution in [2.45, 2.75) is 12.5 Å². The van der Waals surface area contributed by atoms with Gasteiger partial charge in [-0.2, -0.15) is 0 Å². The molecule has 1 heteroatoms. The van der Waals surface area contributed by atoms with Crippen molar-refractivity contribution in [2.75, 3.05) is 0 Å². The van der Waals surface area contributed by atoms with E-state index in [-0.39, 0.29) is 11.0 Å². The van der Waals surface area contributed by atoms with E-state index in [1.54, 1.807) is 0 Å². The second-order valence-electron chi connectivity index (χ2n) is 2.88. The molecule has 42 valence electrons. The number of hydrogen-bond acceptors (Lipinski definition) is 1. The lowest BCUT2D eigenvalue weighted by molar-refractivity contribution is 0.299. The second kappa shape index (κ2) is 0.799. The number of rotatable bonds is 0. The van der Waals surface area contributed by atoms with Crippen LogP contribution in [0.5, 0.6) is 0 Å². The van der Waals surface area contributed by atoms with Gasteiger partial charge in [-0.1, -0.05) is 31.2 Å². The van der Waals surface area contributed by atoms with Crippen molar-refractivity contribution in [2.24, 2.45) is 11.1 Å². The van der Waals surface area contributed by atoms with Crippen LogP contribution in [-0.4, -0.2) is 5.54 Å². The summed E-state index contributed by atoms with van der Waals surface area (Å²) in [4.78, 5) is 0. The zero-order valence-electron chi connectivity index (χ0n) is 4.89. The van der Waals surface area contributed by atoms with Gasteiger partial charge >= 0.3 is 0 Å². The molecule has 2 aliphatic carbocycles. The molecule has 0 bridgehead atoms. The summed E-state index contributed by atoms with van der Waals surface area (Å²) in [6.45, 7) is 2.15. The van der Waals surface area contributed by atoms with Crippen molar-refractivity contribution in [1.29, 1.82) is 0 Å². The van der Waals surface area contributed by atoms with Gasteiger partial charge < -0.3 is 5.73 Å². The maximum atomic E-state index is 5.81. The summed E-state index contributed by atoms with van der Waals surface area (Å²) >= 11 is 0. The van der Waals surface area contributed by atoms with Crippen molar-refractivity contribution >= 4 is 0 Å². The molecule has 0 atom stereocenters. The van der Waals surface area contributed by atoms with Crippen LogP contribution in [0.3, 0.4) is 0 Å². The summed E-state index contributed by atoms with van der Waals surface area (Å²) in [7, 11) is 0. The molecule has 8 heavy (non-hydrogen) atoms. The molecule has 0 radical (unpaired) electrons. The van der Waals surface area contributed by atoms with Gasteiger partial charge in [0.15, 0.2) is 0 Å². The van der Waals surface area contributed by atoms with Crippen LogP contribution < -0.4 is 5.73 Å². The fourth-order valence-corrected chi connectivity index (χ4v) is 1.19. The van der Waals surface area contributed by atoms with Gasteiger partial charge in [-0.15, -0.1) is 0 Å². The van der Waals surface area contributed by atoms with E-state index in [9.17, 15) is 0 Å². The van der Waals surface area contributed by atoms with Crippen LogP contribution in [0.1, 0.15) is 6.92 Å². The maximum absolute atomic E-state index is 5.81. The SMILES string of the molecule is CC12C=CC1(N)C=C2. The Balaban J connectivity index is 2.50. The van der Waals surface area contributed by atoms with Crippen LogP contribution in [0, 0.1) is 5.41 Å². The first-order valence-corrected chi connectivity index (χ1v) is 2.86. The molecule has 2 N–H and O–H groups in total. The van der Waals surface area contributed by atoms with Crippen LogP contribution in [0.15, 0.2) is 24.3 Å². The molecule has 0 aliphatic heterocycles. The minimum absolute atomic E-state index is 0.0625. The molecule has 0 saturated heterocycles. The monoisotopic (exact) mass is 107 g/mol. The Labute approximate surface area is 48.9 Å². The highest BCUT2D eigenvalue weighted by molar-refractivity contribution is 5.49. The van der Waals surface area contributed by atoms with Crippen LogP contribution in [-0.2, 0) is 0 Å². The summed E-state index contributed by atoms with van der Waals surface area (Å²) in [5.41, 5.74) is 5.97. The second-order valence-corrected chi connectivity index (χ2v) is 2.88. The minimum atomic E-state index is -0.0625. The zero-order valence-corrected chi connectivity index (χ0v) is 4.89. The van der Waals surface area contributed by atoms with E-state index < -0.39 is 0 Å². The van der Waals surface area contributed by atoms with E-state index in [1.807, 2.05) is 12.2 Å². The highest BCUT2D eigenvalue weighted by Crippen LogP contribution is 2.50. The topological polar surface area (TPSA) is 26.0 Å². The van der Waals surface area contributed by atoms with Gasteiger partial charge in [-0.25, -0.2) is 0 Å². The average Bonchev–Trinajstić information content (AvgIpc) is 1.81. The molecule has 0 aromatic carbocycles. The zero-order chi connectivity index (χ0) is 5.83. The molecule has 2 aliphatic rings. The van der Waals surface area contributed by atoms with Gasteiger partial charge in [0.1, 0.15) is 0 Å². The Hall–Kier alpha value is -0.560. The van der Waals surface area contributed by atoms with Crippen LogP contribution in [0.4, 0.5) is 0 Å².